The number of rotatable bonds is 5. The van der Waals surface area contributed by atoms with Gasteiger partial charge in [0.1, 0.15) is 11.6 Å². The fraction of sp³-hybridized carbons (Fsp3) is 0.857. The van der Waals surface area contributed by atoms with Crippen molar-refractivity contribution in [2.45, 2.75) is 53.0 Å². The molecule has 102 valence electrons. The van der Waals surface area contributed by atoms with Crippen LogP contribution in [0.25, 0.3) is 0 Å². The highest BCUT2D eigenvalue weighted by atomic mass is 15.3. The van der Waals surface area contributed by atoms with Crippen molar-refractivity contribution in [3.8, 4) is 0 Å². The average molecular weight is 250 g/mol. The van der Waals surface area contributed by atoms with Crippen LogP contribution < -0.4 is 5.73 Å². The molecular weight excluding hydrogens is 224 g/mol. The molecule has 1 aromatic rings. The molecule has 0 spiro atoms. The van der Waals surface area contributed by atoms with E-state index in [1.54, 1.807) is 0 Å². The Balaban J connectivity index is 2.05. The second kappa shape index (κ2) is 5.83. The van der Waals surface area contributed by atoms with Gasteiger partial charge in [-0.05, 0) is 37.1 Å². The van der Waals surface area contributed by atoms with E-state index in [-0.39, 0.29) is 0 Å². The van der Waals surface area contributed by atoms with Gasteiger partial charge in [-0.3, -0.25) is 0 Å². The lowest BCUT2D eigenvalue weighted by Gasteiger charge is -2.22. The van der Waals surface area contributed by atoms with Crippen molar-refractivity contribution in [1.82, 2.24) is 14.8 Å². The van der Waals surface area contributed by atoms with Crippen molar-refractivity contribution in [2.75, 3.05) is 6.54 Å². The lowest BCUT2D eigenvalue weighted by Crippen LogP contribution is -2.23. The summed E-state index contributed by atoms with van der Waals surface area (Å²) in [4.78, 5) is 0. The van der Waals surface area contributed by atoms with Crippen LogP contribution in [0, 0.1) is 17.8 Å². The highest BCUT2D eigenvalue weighted by Crippen LogP contribution is 2.22. The van der Waals surface area contributed by atoms with Crippen molar-refractivity contribution in [3.05, 3.63) is 11.6 Å². The van der Waals surface area contributed by atoms with Gasteiger partial charge in [0.25, 0.3) is 0 Å². The molecule has 1 aliphatic heterocycles. The van der Waals surface area contributed by atoms with Gasteiger partial charge in [-0.15, -0.1) is 10.2 Å². The van der Waals surface area contributed by atoms with Crippen LogP contribution in [0.1, 0.15) is 45.3 Å². The zero-order valence-electron chi connectivity index (χ0n) is 11.9. The molecule has 0 saturated heterocycles. The maximum Gasteiger partial charge on any atom is 0.133 e. The Morgan fingerprint density at radius 3 is 2.83 bits per heavy atom. The van der Waals surface area contributed by atoms with E-state index < -0.39 is 0 Å². The van der Waals surface area contributed by atoms with Gasteiger partial charge in [0.15, 0.2) is 0 Å². The smallest absolute Gasteiger partial charge is 0.133 e. The van der Waals surface area contributed by atoms with Gasteiger partial charge in [0.05, 0.1) is 0 Å². The summed E-state index contributed by atoms with van der Waals surface area (Å²) in [6, 6.07) is 0. The molecule has 0 bridgehead atoms. The van der Waals surface area contributed by atoms with Crippen LogP contribution >= 0.6 is 0 Å². The maximum absolute atomic E-state index is 5.88. The van der Waals surface area contributed by atoms with E-state index in [9.17, 15) is 0 Å². The first-order valence-electron chi connectivity index (χ1n) is 7.21. The molecule has 4 nitrogen and oxygen atoms in total. The normalized spacial score (nSPS) is 21.1. The fourth-order valence-electron chi connectivity index (χ4n) is 2.88. The lowest BCUT2D eigenvalue weighted by atomic mass is 9.93. The average Bonchev–Trinajstić information content (AvgIpc) is 2.70. The highest BCUT2D eigenvalue weighted by Gasteiger charge is 2.22. The van der Waals surface area contributed by atoms with Crippen LogP contribution in [0.2, 0.25) is 0 Å². The predicted octanol–water partition coefficient (Wildman–Crippen LogP) is 2.02. The Labute approximate surface area is 110 Å². The minimum atomic E-state index is 0.539. The number of hydrogen-bond acceptors (Lipinski definition) is 3. The zero-order chi connectivity index (χ0) is 13.1. The molecule has 0 amide bonds. The van der Waals surface area contributed by atoms with Gasteiger partial charge in [0, 0.05) is 19.4 Å². The molecule has 0 fully saturated rings. The third-order valence-electron chi connectivity index (χ3n) is 3.89. The van der Waals surface area contributed by atoms with Crippen LogP contribution in [0.5, 0.6) is 0 Å². The van der Waals surface area contributed by atoms with Gasteiger partial charge in [-0.2, -0.15) is 0 Å². The molecule has 2 N–H and O–H groups in total. The van der Waals surface area contributed by atoms with Crippen molar-refractivity contribution in [2.24, 2.45) is 23.5 Å². The quantitative estimate of drug-likeness (QED) is 0.870. The van der Waals surface area contributed by atoms with E-state index >= 15 is 0 Å². The first-order chi connectivity index (χ1) is 8.60. The van der Waals surface area contributed by atoms with Crippen LogP contribution in [0.15, 0.2) is 0 Å². The van der Waals surface area contributed by atoms with E-state index in [2.05, 4.69) is 35.5 Å². The highest BCUT2D eigenvalue weighted by molar-refractivity contribution is 5.01. The van der Waals surface area contributed by atoms with Crippen molar-refractivity contribution >= 4 is 0 Å². The summed E-state index contributed by atoms with van der Waals surface area (Å²) in [5.41, 5.74) is 5.88. The summed E-state index contributed by atoms with van der Waals surface area (Å²) in [6.45, 7) is 8.63. The molecule has 1 aromatic heterocycles. The molecule has 0 aliphatic carbocycles. The molecule has 4 heteroatoms. The minimum absolute atomic E-state index is 0.539. The summed E-state index contributed by atoms with van der Waals surface area (Å²) >= 11 is 0. The van der Waals surface area contributed by atoms with Gasteiger partial charge in [-0.1, -0.05) is 20.8 Å². The first-order valence-corrected chi connectivity index (χ1v) is 7.21. The summed E-state index contributed by atoms with van der Waals surface area (Å²) in [6.07, 6.45) is 4.48. The molecule has 2 atom stereocenters. The lowest BCUT2D eigenvalue weighted by molar-refractivity contribution is 0.377. The van der Waals surface area contributed by atoms with E-state index in [1.165, 1.54) is 18.7 Å². The number of nitrogens with two attached hydrogens (primary N) is 1. The van der Waals surface area contributed by atoms with Gasteiger partial charge in [-0.25, -0.2) is 0 Å². The number of fused-ring (bicyclic) bond motifs is 1. The van der Waals surface area contributed by atoms with Crippen molar-refractivity contribution in [3.63, 3.8) is 0 Å². The molecular formula is C14H26N4. The zero-order valence-corrected chi connectivity index (χ0v) is 11.9. The van der Waals surface area contributed by atoms with Gasteiger partial charge in [0.2, 0.25) is 0 Å². The van der Waals surface area contributed by atoms with Gasteiger partial charge < -0.3 is 10.3 Å². The van der Waals surface area contributed by atoms with Crippen LogP contribution in [0.4, 0.5) is 0 Å². The Hall–Kier alpha value is -0.900. The topological polar surface area (TPSA) is 56.7 Å². The Bertz CT molecular complexity index is 383. The first kappa shape index (κ1) is 13.5. The van der Waals surface area contributed by atoms with Crippen molar-refractivity contribution in [1.29, 1.82) is 0 Å². The summed E-state index contributed by atoms with van der Waals surface area (Å²) < 4.78 is 2.32. The molecule has 2 rings (SSSR count). The second-order valence-corrected chi connectivity index (χ2v) is 6.22. The molecule has 1 aliphatic rings. The van der Waals surface area contributed by atoms with Crippen LogP contribution in [-0.2, 0) is 19.4 Å². The maximum atomic E-state index is 5.88. The van der Waals surface area contributed by atoms with E-state index in [4.69, 9.17) is 5.73 Å². The predicted molar refractivity (Wildman–Crippen MR) is 73.2 cm³/mol. The summed E-state index contributed by atoms with van der Waals surface area (Å²) in [5.74, 6) is 4.30. The third kappa shape index (κ3) is 3.10. The fourth-order valence-corrected chi connectivity index (χ4v) is 2.88. The van der Waals surface area contributed by atoms with Crippen LogP contribution in [0.3, 0.4) is 0 Å². The number of aromatic nitrogens is 3. The standard InChI is InChI=1S/C14H26N4/c1-10(2)6-12(9-15)8-14-17-16-13-7-11(3)4-5-18(13)14/h10-12H,4-9,15H2,1-3H3. The summed E-state index contributed by atoms with van der Waals surface area (Å²) in [7, 11) is 0. The van der Waals surface area contributed by atoms with E-state index in [1.807, 2.05) is 0 Å². The molecule has 0 radical (unpaired) electrons. The number of nitrogens with zero attached hydrogens (tertiary/aromatic N) is 3. The molecule has 0 saturated carbocycles. The van der Waals surface area contributed by atoms with Crippen molar-refractivity contribution < 1.29 is 0 Å². The molecule has 0 aromatic carbocycles. The Kier molecular flexibility index (Phi) is 4.38. The van der Waals surface area contributed by atoms with E-state index in [0.29, 0.717) is 11.8 Å². The van der Waals surface area contributed by atoms with Crippen LogP contribution in [-0.4, -0.2) is 21.3 Å². The largest absolute Gasteiger partial charge is 0.330 e. The summed E-state index contributed by atoms with van der Waals surface area (Å²) in [5, 5.41) is 8.73. The molecule has 2 heterocycles. The SMILES string of the molecule is CC(C)CC(CN)Cc1nnc2n1CCC(C)C2. The second-order valence-electron chi connectivity index (χ2n) is 6.22. The number of hydrogen-bond donors (Lipinski definition) is 1. The minimum Gasteiger partial charge on any atom is -0.330 e. The third-order valence-corrected chi connectivity index (χ3v) is 3.89. The molecule has 2 unspecified atom stereocenters. The van der Waals surface area contributed by atoms with Gasteiger partial charge >= 0.3 is 0 Å². The molecule has 18 heavy (non-hydrogen) atoms. The Morgan fingerprint density at radius 1 is 1.39 bits per heavy atom. The monoisotopic (exact) mass is 250 g/mol. The Morgan fingerprint density at radius 2 is 2.17 bits per heavy atom. The van der Waals surface area contributed by atoms with E-state index in [0.717, 1.165) is 37.7 Å².